The number of carboxylic acid groups (broad SMARTS) is 2. The molecule has 0 amide bonds. The Hall–Kier alpha value is -2.94. The van der Waals surface area contributed by atoms with Crippen molar-refractivity contribution in [2.75, 3.05) is 0 Å². The van der Waals surface area contributed by atoms with Gasteiger partial charge in [-0.25, -0.2) is 4.98 Å². The molecule has 276 valence electrons. The SMILES string of the molecule is CCC.CCCCCCCCCC(=O)O.Cc1c(C)c2ccc[n+](COC(=O)CCC(=O)O)c2c2ncccc12.[NH-][C@H]1CCCC[C@@H]1[NH-].[Pt+2]. The molecule has 1 fully saturated rings. The number of aromatic nitrogens is 2. The fourth-order valence-electron chi connectivity index (χ4n) is 5.31. The molecular weight excluding hydrogens is 804 g/mol. The Morgan fingerprint density at radius 1 is 0.816 bits per heavy atom. The van der Waals surface area contributed by atoms with E-state index in [0.717, 1.165) is 53.1 Å². The van der Waals surface area contributed by atoms with Crippen LogP contribution in [0, 0.1) is 13.8 Å². The molecule has 49 heavy (non-hydrogen) atoms. The number of hydrogen-bond acceptors (Lipinski definition) is 5. The summed E-state index contributed by atoms with van der Waals surface area (Å²) in [6.45, 7) is 10.6. The fraction of sp³-hybridized carbons (Fsp3) is 0.605. The quantitative estimate of drug-likeness (QED) is 0.0747. The number of aryl methyl sites for hydroxylation is 2. The number of carbonyl (C=O) groups excluding carboxylic acids is 1. The molecule has 11 heteroatoms. The Bertz CT molecular complexity index is 1390. The maximum atomic E-state index is 11.7. The number of benzene rings is 1. The predicted molar refractivity (Wildman–Crippen MR) is 193 cm³/mol. The molecule has 1 saturated carbocycles. The Morgan fingerprint density at radius 3 is 1.90 bits per heavy atom. The van der Waals surface area contributed by atoms with Gasteiger partial charge >= 0.3 is 39.0 Å². The largest absolute Gasteiger partial charge is 2.00 e. The number of nitrogens with one attached hydrogen (secondary N) is 2. The summed E-state index contributed by atoms with van der Waals surface area (Å²) in [5.41, 5.74) is 18.7. The van der Waals surface area contributed by atoms with Crippen LogP contribution in [-0.2, 0) is 46.9 Å². The van der Waals surface area contributed by atoms with Crippen LogP contribution in [0.25, 0.3) is 33.3 Å². The number of ether oxygens (including phenoxy) is 1. The molecule has 0 spiro atoms. The summed E-state index contributed by atoms with van der Waals surface area (Å²) in [4.78, 5) is 36.9. The molecule has 10 nitrogen and oxygen atoms in total. The maximum Gasteiger partial charge on any atom is 2.00 e. The first-order chi connectivity index (χ1) is 23.0. The number of hydrogen-bond donors (Lipinski definition) is 2. The van der Waals surface area contributed by atoms with Gasteiger partial charge in [-0.15, -0.1) is 0 Å². The smallest absolute Gasteiger partial charge is 0.676 e. The maximum absolute atomic E-state index is 11.7. The summed E-state index contributed by atoms with van der Waals surface area (Å²) >= 11 is 0. The molecule has 2 aromatic heterocycles. The summed E-state index contributed by atoms with van der Waals surface area (Å²) in [7, 11) is 0. The average Bonchev–Trinajstić information content (AvgIpc) is 3.07. The number of unbranched alkanes of at least 4 members (excludes halogenated alkanes) is 6. The van der Waals surface area contributed by atoms with Gasteiger partial charge in [-0.1, -0.05) is 97.5 Å². The molecular formula is C38H59N4O6Pt+. The Morgan fingerprint density at radius 2 is 1.35 bits per heavy atom. The zero-order valence-corrected chi connectivity index (χ0v) is 32.4. The van der Waals surface area contributed by atoms with Crippen LogP contribution in [0.5, 0.6) is 0 Å². The summed E-state index contributed by atoms with van der Waals surface area (Å²) in [6, 6.07) is 7.69. The second kappa shape index (κ2) is 26.9. The van der Waals surface area contributed by atoms with E-state index < -0.39 is 17.9 Å². The van der Waals surface area contributed by atoms with Crippen molar-refractivity contribution in [2.24, 2.45) is 0 Å². The van der Waals surface area contributed by atoms with Crippen molar-refractivity contribution in [3.63, 3.8) is 0 Å². The zero-order valence-electron chi connectivity index (χ0n) is 30.2. The van der Waals surface area contributed by atoms with Gasteiger partial charge in [0.05, 0.1) is 18.2 Å². The van der Waals surface area contributed by atoms with Crippen LogP contribution < -0.4 is 4.57 Å². The third-order valence-corrected chi connectivity index (χ3v) is 8.14. The number of carbonyl (C=O) groups is 3. The van der Waals surface area contributed by atoms with E-state index in [9.17, 15) is 14.4 Å². The van der Waals surface area contributed by atoms with Crippen molar-refractivity contribution in [1.29, 1.82) is 0 Å². The predicted octanol–water partition coefficient (Wildman–Crippen LogP) is 9.69. The normalized spacial score (nSPS) is 14.9. The molecule has 0 radical (unpaired) electrons. The van der Waals surface area contributed by atoms with Crippen LogP contribution in [0.15, 0.2) is 36.7 Å². The van der Waals surface area contributed by atoms with Gasteiger partial charge in [0.25, 0.3) is 6.73 Å². The van der Waals surface area contributed by atoms with Crippen molar-refractivity contribution in [3.8, 4) is 0 Å². The minimum absolute atomic E-state index is 0. The second-order valence-electron chi connectivity index (χ2n) is 12.4. The summed E-state index contributed by atoms with van der Waals surface area (Å²) in [6.07, 6.45) is 17.3. The van der Waals surface area contributed by atoms with E-state index in [1.807, 2.05) is 35.0 Å². The number of carboxylic acids is 2. The van der Waals surface area contributed by atoms with Gasteiger partial charge in [-0.2, -0.15) is 16.7 Å². The average molecular weight is 863 g/mol. The third-order valence-electron chi connectivity index (χ3n) is 8.14. The molecule has 0 unspecified atom stereocenters. The van der Waals surface area contributed by atoms with E-state index in [0.29, 0.717) is 6.42 Å². The van der Waals surface area contributed by atoms with Crippen molar-refractivity contribution >= 4 is 39.7 Å². The molecule has 0 aliphatic heterocycles. The van der Waals surface area contributed by atoms with Gasteiger partial charge in [0.2, 0.25) is 5.52 Å². The van der Waals surface area contributed by atoms with Gasteiger partial charge in [-0.3, -0.25) is 14.4 Å². The first-order valence-corrected chi connectivity index (χ1v) is 17.7. The van der Waals surface area contributed by atoms with E-state index in [-0.39, 0.29) is 52.7 Å². The van der Waals surface area contributed by atoms with Gasteiger partial charge in [-0.05, 0) is 43.5 Å². The van der Waals surface area contributed by atoms with Gasteiger partial charge in [0, 0.05) is 24.1 Å². The fourth-order valence-corrected chi connectivity index (χ4v) is 5.31. The van der Waals surface area contributed by atoms with Crippen LogP contribution in [0.4, 0.5) is 0 Å². The van der Waals surface area contributed by atoms with Crippen molar-refractivity contribution in [3.05, 3.63) is 59.3 Å². The summed E-state index contributed by atoms with van der Waals surface area (Å²) in [5, 5.41) is 19.1. The Balaban J connectivity index is 0.000000797. The molecule has 4 N–H and O–H groups in total. The van der Waals surface area contributed by atoms with Gasteiger partial charge in [0.1, 0.15) is 5.52 Å². The molecule has 0 saturated heterocycles. The van der Waals surface area contributed by atoms with Crippen LogP contribution in [0.1, 0.15) is 128 Å². The Kier molecular flexibility index (Phi) is 25.3. The standard InChI is InChI=1S/C19H18N2O4.C10H20O2.C6H12N2.C3H8.Pt/c1-12-13(2)15-6-4-10-21(11-25-17(24)8-7-16(22)23)19(15)18-14(12)5-3-9-20-18;1-2-3-4-5-6-7-8-9-10(11)12;7-5-3-1-2-4-6(5)8;1-3-2;/h3-6,9-10H,7-8,11H2,1-2H3;2-9H2,1H3,(H,11,12);5-8H,1-4H2;3H2,1-2H3;/q;;-2;;+2/p+1/t;;5-,6-;;/m..0../s1. The molecule has 1 aliphatic carbocycles. The number of nitrogens with zero attached hydrogens (tertiary/aromatic N) is 2. The minimum atomic E-state index is -1.02. The third kappa shape index (κ3) is 18.0. The van der Waals surface area contributed by atoms with Gasteiger partial charge < -0.3 is 26.4 Å². The summed E-state index contributed by atoms with van der Waals surface area (Å²) < 4.78 is 7.07. The number of esters is 1. The molecule has 2 heterocycles. The number of aliphatic carboxylic acids is 2. The number of rotatable bonds is 13. The van der Waals surface area contributed by atoms with Crippen LogP contribution >= 0.6 is 0 Å². The molecule has 3 aromatic rings. The van der Waals surface area contributed by atoms with E-state index in [2.05, 4.69) is 39.6 Å². The molecule has 2 atom stereocenters. The van der Waals surface area contributed by atoms with Crippen molar-refractivity contribution in [1.82, 2.24) is 4.98 Å². The number of pyridine rings is 2. The van der Waals surface area contributed by atoms with Gasteiger partial charge in [0.15, 0.2) is 6.20 Å². The second-order valence-corrected chi connectivity index (χ2v) is 12.4. The van der Waals surface area contributed by atoms with Crippen LogP contribution in [0.3, 0.4) is 0 Å². The van der Waals surface area contributed by atoms with Crippen LogP contribution in [0.2, 0.25) is 0 Å². The van der Waals surface area contributed by atoms with E-state index in [4.69, 9.17) is 26.4 Å². The minimum Gasteiger partial charge on any atom is -0.676 e. The van der Waals surface area contributed by atoms with Crippen LogP contribution in [-0.4, -0.2) is 45.2 Å². The topological polar surface area (TPSA) is 165 Å². The van der Waals surface area contributed by atoms with E-state index >= 15 is 0 Å². The zero-order chi connectivity index (χ0) is 35.9. The monoisotopic (exact) mass is 862 g/mol. The van der Waals surface area contributed by atoms with Crippen molar-refractivity contribution in [2.45, 2.75) is 150 Å². The first kappa shape index (κ1) is 46.1. The number of fused-ring (bicyclic) bond motifs is 3. The molecule has 1 aromatic carbocycles. The Labute approximate surface area is 307 Å². The molecule has 1 aliphatic rings. The van der Waals surface area contributed by atoms with E-state index in [1.54, 1.807) is 6.20 Å². The first-order valence-electron chi connectivity index (χ1n) is 17.7. The van der Waals surface area contributed by atoms with E-state index in [1.165, 1.54) is 56.9 Å². The molecule has 4 rings (SSSR count). The summed E-state index contributed by atoms with van der Waals surface area (Å²) in [5.74, 6) is -2.22. The molecule has 0 bridgehead atoms. The van der Waals surface area contributed by atoms with Crippen molar-refractivity contribution < 1.29 is 55.0 Å².